The summed E-state index contributed by atoms with van der Waals surface area (Å²) < 4.78 is 10.5. The highest BCUT2D eigenvalue weighted by atomic mass is 16.5. The molecule has 1 aromatic carbocycles. The van der Waals surface area contributed by atoms with Crippen molar-refractivity contribution in [3.05, 3.63) is 30.2 Å². The molecular weight excluding hydrogens is 266 g/mol. The Kier molecular flexibility index (Phi) is 4.20. The predicted molar refractivity (Wildman–Crippen MR) is 79.9 cm³/mol. The van der Waals surface area contributed by atoms with Crippen LogP contribution in [-0.4, -0.2) is 23.3 Å². The molecule has 0 bridgehead atoms. The molecule has 0 aliphatic heterocycles. The van der Waals surface area contributed by atoms with Gasteiger partial charge in [-0.05, 0) is 30.9 Å². The molecule has 1 saturated carbocycles. The van der Waals surface area contributed by atoms with Gasteiger partial charge in [0.15, 0.2) is 0 Å². The summed E-state index contributed by atoms with van der Waals surface area (Å²) >= 11 is 0. The second-order valence-electron chi connectivity index (χ2n) is 5.66. The molecule has 2 aromatic rings. The number of rotatable bonds is 5. The van der Waals surface area contributed by atoms with Crippen LogP contribution in [0.25, 0.3) is 11.4 Å². The fourth-order valence-corrected chi connectivity index (χ4v) is 2.97. The predicted octanol–water partition coefficient (Wildman–Crippen LogP) is 2.81. The molecule has 1 aliphatic rings. The first-order valence-electron chi connectivity index (χ1n) is 7.49. The van der Waals surface area contributed by atoms with Crippen LogP contribution >= 0.6 is 0 Å². The van der Waals surface area contributed by atoms with Crippen molar-refractivity contribution in [3.63, 3.8) is 0 Å². The number of hydrogen-bond donors (Lipinski definition) is 1. The summed E-state index contributed by atoms with van der Waals surface area (Å²) in [6.07, 6.45) is 5.67. The van der Waals surface area contributed by atoms with E-state index in [0.717, 1.165) is 11.3 Å². The van der Waals surface area contributed by atoms with Crippen LogP contribution in [0.3, 0.4) is 0 Å². The van der Waals surface area contributed by atoms with E-state index in [4.69, 9.17) is 15.0 Å². The second kappa shape index (κ2) is 6.26. The van der Waals surface area contributed by atoms with Crippen LogP contribution < -0.4 is 10.5 Å². The minimum atomic E-state index is 0.117. The first-order chi connectivity index (χ1) is 10.3. The molecule has 1 aliphatic carbocycles. The van der Waals surface area contributed by atoms with Crippen LogP contribution in [0.2, 0.25) is 0 Å². The molecule has 3 rings (SSSR count). The van der Waals surface area contributed by atoms with Crippen molar-refractivity contribution in [2.75, 3.05) is 7.11 Å². The van der Waals surface area contributed by atoms with Crippen molar-refractivity contribution >= 4 is 0 Å². The highest BCUT2D eigenvalue weighted by molar-refractivity contribution is 5.56. The average Bonchev–Trinajstić information content (AvgIpc) is 3.18. The van der Waals surface area contributed by atoms with Gasteiger partial charge in [-0.2, -0.15) is 4.98 Å². The van der Waals surface area contributed by atoms with E-state index in [9.17, 15) is 0 Å². The minimum absolute atomic E-state index is 0.117. The third-order valence-corrected chi connectivity index (χ3v) is 4.21. The molecule has 2 N–H and O–H groups in total. The molecule has 5 nitrogen and oxygen atoms in total. The molecular formula is C16H21N3O2. The molecule has 1 fully saturated rings. The summed E-state index contributed by atoms with van der Waals surface area (Å²) in [7, 11) is 1.64. The molecule has 1 unspecified atom stereocenters. The molecule has 21 heavy (non-hydrogen) atoms. The van der Waals surface area contributed by atoms with Gasteiger partial charge >= 0.3 is 0 Å². The molecule has 1 aromatic heterocycles. The normalized spacial score (nSPS) is 17.0. The number of hydrogen-bond acceptors (Lipinski definition) is 5. The molecule has 1 atom stereocenters. The Morgan fingerprint density at radius 1 is 1.38 bits per heavy atom. The van der Waals surface area contributed by atoms with Crippen molar-refractivity contribution in [2.45, 2.75) is 38.1 Å². The Hall–Kier alpha value is -1.88. The van der Waals surface area contributed by atoms with Gasteiger partial charge in [0.05, 0.1) is 7.11 Å². The van der Waals surface area contributed by atoms with Crippen LogP contribution in [0.5, 0.6) is 5.75 Å². The van der Waals surface area contributed by atoms with Gasteiger partial charge in [-0.3, -0.25) is 0 Å². The van der Waals surface area contributed by atoms with Crippen molar-refractivity contribution < 1.29 is 9.26 Å². The summed E-state index contributed by atoms with van der Waals surface area (Å²) in [5.74, 6) is 2.58. The third kappa shape index (κ3) is 3.24. The Morgan fingerprint density at radius 3 is 2.95 bits per heavy atom. The smallest absolute Gasteiger partial charge is 0.228 e. The van der Waals surface area contributed by atoms with Gasteiger partial charge in [-0.1, -0.05) is 30.1 Å². The zero-order valence-corrected chi connectivity index (χ0v) is 12.3. The molecule has 5 heteroatoms. The van der Waals surface area contributed by atoms with E-state index < -0.39 is 0 Å². The van der Waals surface area contributed by atoms with E-state index in [0.29, 0.717) is 24.1 Å². The zero-order chi connectivity index (χ0) is 14.7. The summed E-state index contributed by atoms with van der Waals surface area (Å²) in [6, 6.07) is 7.75. The van der Waals surface area contributed by atoms with Gasteiger partial charge in [0.1, 0.15) is 5.75 Å². The van der Waals surface area contributed by atoms with E-state index >= 15 is 0 Å². The molecule has 1 heterocycles. The van der Waals surface area contributed by atoms with Crippen LogP contribution in [0.15, 0.2) is 28.8 Å². The lowest BCUT2D eigenvalue weighted by atomic mass is 9.96. The van der Waals surface area contributed by atoms with Crippen LogP contribution in [-0.2, 0) is 6.42 Å². The van der Waals surface area contributed by atoms with Gasteiger partial charge in [-0.15, -0.1) is 0 Å². The van der Waals surface area contributed by atoms with Gasteiger partial charge in [0.2, 0.25) is 11.7 Å². The summed E-state index contributed by atoms with van der Waals surface area (Å²) in [5, 5.41) is 4.04. The number of benzene rings is 1. The standard InChI is InChI=1S/C16H21N3O2/c1-20-13-8-4-7-12(9-13)16-18-15(21-19-16)10-14(17)11-5-2-3-6-11/h4,7-9,11,14H,2-3,5-6,10,17H2,1H3. The lowest BCUT2D eigenvalue weighted by Gasteiger charge is -2.16. The average molecular weight is 287 g/mol. The maximum absolute atomic E-state index is 6.26. The van der Waals surface area contributed by atoms with Gasteiger partial charge in [0.25, 0.3) is 0 Å². The highest BCUT2D eigenvalue weighted by Gasteiger charge is 2.24. The van der Waals surface area contributed by atoms with E-state index in [2.05, 4.69) is 10.1 Å². The first-order valence-corrected chi connectivity index (χ1v) is 7.49. The van der Waals surface area contributed by atoms with Gasteiger partial charge in [-0.25, -0.2) is 0 Å². The van der Waals surface area contributed by atoms with E-state index in [1.54, 1.807) is 7.11 Å². The maximum atomic E-state index is 6.26. The van der Waals surface area contributed by atoms with E-state index in [1.807, 2.05) is 24.3 Å². The van der Waals surface area contributed by atoms with Gasteiger partial charge in [0, 0.05) is 18.0 Å². The lowest BCUT2D eigenvalue weighted by Crippen LogP contribution is -2.30. The van der Waals surface area contributed by atoms with Crippen molar-refractivity contribution in [1.82, 2.24) is 10.1 Å². The fourth-order valence-electron chi connectivity index (χ4n) is 2.97. The Balaban J connectivity index is 1.70. The Morgan fingerprint density at radius 2 is 2.19 bits per heavy atom. The number of aromatic nitrogens is 2. The first kappa shape index (κ1) is 14.1. The SMILES string of the molecule is COc1cccc(-c2noc(CC(N)C3CCCC3)n2)c1. The zero-order valence-electron chi connectivity index (χ0n) is 12.3. The number of ether oxygens (including phenoxy) is 1. The summed E-state index contributed by atoms with van der Waals surface area (Å²) in [4.78, 5) is 4.45. The highest BCUT2D eigenvalue weighted by Crippen LogP contribution is 2.28. The Labute approximate surface area is 124 Å². The summed E-state index contributed by atoms with van der Waals surface area (Å²) in [6.45, 7) is 0. The number of methoxy groups -OCH3 is 1. The maximum Gasteiger partial charge on any atom is 0.228 e. The van der Waals surface area contributed by atoms with Crippen molar-refractivity contribution in [2.24, 2.45) is 11.7 Å². The van der Waals surface area contributed by atoms with Crippen LogP contribution in [0.4, 0.5) is 0 Å². The second-order valence-corrected chi connectivity index (χ2v) is 5.66. The fraction of sp³-hybridized carbons (Fsp3) is 0.500. The minimum Gasteiger partial charge on any atom is -0.497 e. The van der Waals surface area contributed by atoms with Crippen molar-refractivity contribution in [3.8, 4) is 17.1 Å². The van der Waals surface area contributed by atoms with Gasteiger partial charge < -0.3 is 15.0 Å². The monoisotopic (exact) mass is 287 g/mol. The molecule has 0 spiro atoms. The topological polar surface area (TPSA) is 74.2 Å². The largest absolute Gasteiger partial charge is 0.497 e. The van der Waals surface area contributed by atoms with E-state index in [-0.39, 0.29) is 6.04 Å². The Bertz CT molecular complexity index is 591. The molecule has 0 amide bonds. The molecule has 0 saturated heterocycles. The number of nitrogens with zero attached hydrogens (tertiary/aromatic N) is 2. The lowest BCUT2D eigenvalue weighted by molar-refractivity contribution is 0.341. The van der Waals surface area contributed by atoms with Crippen LogP contribution in [0, 0.1) is 5.92 Å². The van der Waals surface area contributed by atoms with Crippen molar-refractivity contribution in [1.29, 1.82) is 0 Å². The summed E-state index contributed by atoms with van der Waals surface area (Å²) in [5.41, 5.74) is 7.14. The molecule has 0 radical (unpaired) electrons. The quantitative estimate of drug-likeness (QED) is 0.915. The third-order valence-electron chi connectivity index (χ3n) is 4.21. The van der Waals surface area contributed by atoms with E-state index in [1.165, 1.54) is 25.7 Å². The number of nitrogens with two attached hydrogens (primary N) is 1. The molecule has 112 valence electrons. The van der Waals surface area contributed by atoms with Crippen LogP contribution in [0.1, 0.15) is 31.6 Å².